The number of fused-ring (bicyclic) bond motifs is 1. The largest absolute Gasteiger partial charge is 0.507 e. The first kappa shape index (κ1) is 29.0. The minimum atomic E-state index is -1.03. The van der Waals surface area contributed by atoms with E-state index >= 15 is 0 Å². The molecule has 3 heterocycles. The van der Waals surface area contributed by atoms with E-state index in [2.05, 4.69) is 5.32 Å². The lowest BCUT2D eigenvalue weighted by molar-refractivity contribution is 0.00928. The number of nitrogens with zero attached hydrogens (tertiary/aromatic N) is 2. The Morgan fingerprint density at radius 3 is 2.62 bits per heavy atom. The first-order chi connectivity index (χ1) is 20.2. The molecule has 3 aliphatic rings. The minimum Gasteiger partial charge on any atom is -0.507 e. The lowest BCUT2D eigenvalue weighted by Crippen LogP contribution is -2.58. The number of piperidine rings is 2. The topological polar surface area (TPSA) is 126 Å². The number of rotatable bonds is 6. The SMILES string of the molecule is CN1CC[C@H](c2c(C3(N(CC4CCCCN4)C(=O)O)CCC3)cc(O)c3c(=O)cc(-c4ccccc4Cl)oc23)[C@H](O)C1. The van der Waals surface area contributed by atoms with Crippen LogP contribution in [0.4, 0.5) is 4.79 Å². The molecular formula is C32H38ClN3O6. The van der Waals surface area contributed by atoms with Gasteiger partial charge >= 0.3 is 6.09 Å². The number of likely N-dealkylation sites (N-methyl/N-ethyl adjacent to an activating group) is 1. The number of halogens is 1. The van der Waals surface area contributed by atoms with Gasteiger partial charge in [-0.05, 0) is 82.4 Å². The van der Waals surface area contributed by atoms with E-state index < -0.39 is 29.1 Å². The number of nitrogens with one attached hydrogen (secondary N) is 1. The molecule has 0 radical (unpaired) electrons. The molecule has 6 rings (SSSR count). The molecule has 1 unspecified atom stereocenters. The second kappa shape index (κ2) is 11.5. The molecule has 3 atom stereocenters. The molecule has 1 aliphatic carbocycles. The number of β-amino-alcohol motifs (C(OH)–C–C–N with tert-alkyl or cyclic N) is 1. The fourth-order valence-electron chi connectivity index (χ4n) is 7.24. The van der Waals surface area contributed by atoms with E-state index in [0.29, 0.717) is 60.6 Å². The van der Waals surface area contributed by atoms with Gasteiger partial charge in [0.2, 0.25) is 0 Å². The van der Waals surface area contributed by atoms with Crippen molar-refractivity contribution in [3.05, 3.63) is 62.8 Å². The highest BCUT2D eigenvalue weighted by Gasteiger charge is 2.50. The summed E-state index contributed by atoms with van der Waals surface area (Å²) >= 11 is 6.49. The maximum atomic E-state index is 13.6. The molecule has 10 heteroatoms. The van der Waals surface area contributed by atoms with Crippen LogP contribution in [0, 0.1) is 0 Å². The second-order valence-electron chi connectivity index (χ2n) is 12.2. The molecule has 224 valence electrons. The molecule has 3 aromatic rings. The number of carbonyl (C=O) groups is 1. The van der Waals surface area contributed by atoms with E-state index in [-0.39, 0.29) is 28.5 Å². The van der Waals surface area contributed by atoms with Crippen molar-refractivity contribution >= 4 is 28.7 Å². The van der Waals surface area contributed by atoms with Gasteiger partial charge < -0.3 is 30.0 Å². The molecule has 0 bridgehead atoms. The van der Waals surface area contributed by atoms with Crippen LogP contribution in [0.25, 0.3) is 22.3 Å². The number of hydrogen-bond donors (Lipinski definition) is 4. The lowest BCUT2D eigenvalue weighted by Gasteiger charge is -2.52. The summed E-state index contributed by atoms with van der Waals surface area (Å²) < 4.78 is 6.50. The van der Waals surface area contributed by atoms with Gasteiger partial charge in [0.1, 0.15) is 22.5 Å². The third-order valence-electron chi connectivity index (χ3n) is 9.56. The van der Waals surface area contributed by atoms with Crippen molar-refractivity contribution in [3.63, 3.8) is 0 Å². The number of carboxylic acid groups (broad SMARTS) is 1. The molecular weight excluding hydrogens is 558 g/mol. The lowest BCUT2D eigenvalue weighted by atomic mass is 9.66. The van der Waals surface area contributed by atoms with Crippen molar-refractivity contribution in [3.8, 4) is 17.1 Å². The quantitative estimate of drug-likeness (QED) is 0.310. The van der Waals surface area contributed by atoms with Gasteiger partial charge in [0.05, 0.1) is 16.7 Å². The number of benzene rings is 2. The Kier molecular flexibility index (Phi) is 7.95. The Balaban J connectivity index is 1.60. The van der Waals surface area contributed by atoms with Crippen LogP contribution in [0.15, 0.2) is 45.6 Å². The van der Waals surface area contributed by atoms with Crippen molar-refractivity contribution in [2.24, 2.45) is 0 Å². The normalized spacial score (nSPS) is 24.3. The molecule has 1 amide bonds. The van der Waals surface area contributed by atoms with Crippen LogP contribution in [0.2, 0.25) is 5.02 Å². The number of aliphatic hydroxyl groups excluding tert-OH is 1. The monoisotopic (exact) mass is 595 g/mol. The van der Waals surface area contributed by atoms with Gasteiger partial charge in [-0.15, -0.1) is 0 Å². The average molecular weight is 596 g/mol. The molecule has 3 fully saturated rings. The Hall–Kier alpha value is -3.11. The van der Waals surface area contributed by atoms with Crippen LogP contribution < -0.4 is 10.7 Å². The van der Waals surface area contributed by atoms with E-state index in [1.54, 1.807) is 30.3 Å². The van der Waals surface area contributed by atoms with Gasteiger partial charge in [-0.3, -0.25) is 9.69 Å². The minimum absolute atomic E-state index is 0.0287. The highest BCUT2D eigenvalue weighted by atomic mass is 35.5. The van der Waals surface area contributed by atoms with Gasteiger partial charge in [-0.2, -0.15) is 0 Å². The molecule has 42 heavy (non-hydrogen) atoms. The third-order valence-corrected chi connectivity index (χ3v) is 9.89. The Morgan fingerprint density at radius 2 is 1.98 bits per heavy atom. The number of amides is 1. The Bertz CT molecular complexity index is 1550. The molecule has 2 aromatic carbocycles. The number of phenols is 1. The fraction of sp³-hybridized carbons (Fsp3) is 0.500. The summed E-state index contributed by atoms with van der Waals surface area (Å²) in [7, 11) is 1.95. The van der Waals surface area contributed by atoms with Crippen molar-refractivity contribution in [2.75, 3.05) is 33.2 Å². The van der Waals surface area contributed by atoms with Gasteiger partial charge in [-0.1, -0.05) is 30.2 Å². The van der Waals surface area contributed by atoms with Gasteiger partial charge in [0, 0.05) is 42.2 Å². The van der Waals surface area contributed by atoms with E-state index in [9.17, 15) is 24.9 Å². The summed E-state index contributed by atoms with van der Waals surface area (Å²) in [6, 6.07) is 9.99. The smallest absolute Gasteiger partial charge is 0.408 e. The van der Waals surface area contributed by atoms with Crippen LogP contribution in [-0.4, -0.2) is 76.6 Å². The second-order valence-corrected chi connectivity index (χ2v) is 12.6. The molecule has 0 spiro atoms. The number of phenolic OH excluding ortho intramolecular Hbond substituents is 1. The fourth-order valence-corrected chi connectivity index (χ4v) is 7.47. The summed E-state index contributed by atoms with van der Waals surface area (Å²) in [4.78, 5) is 30.1. The zero-order chi connectivity index (χ0) is 29.6. The van der Waals surface area contributed by atoms with E-state index in [4.69, 9.17) is 16.0 Å². The maximum Gasteiger partial charge on any atom is 0.408 e. The molecule has 2 saturated heterocycles. The van der Waals surface area contributed by atoms with Crippen molar-refractivity contribution in [1.82, 2.24) is 15.1 Å². The van der Waals surface area contributed by atoms with Crippen LogP contribution in [-0.2, 0) is 5.54 Å². The Morgan fingerprint density at radius 1 is 1.19 bits per heavy atom. The summed E-state index contributed by atoms with van der Waals surface area (Å²) in [5, 5.41) is 37.3. The summed E-state index contributed by atoms with van der Waals surface area (Å²) in [6.45, 7) is 2.29. The van der Waals surface area contributed by atoms with Gasteiger partial charge in [0.25, 0.3) is 0 Å². The third kappa shape index (κ3) is 5.06. The number of hydrogen-bond acceptors (Lipinski definition) is 7. The standard InChI is InChI=1S/C32H38ClN3O6/c1-35-14-10-21(26(39)18-35)28-22(32(11-6-12-32)36(31(40)41)17-19-7-4-5-13-34-19)15-24(37)29-25(38)16-27(42-30(28)29)20-8-2-3-9-23(20)33/h2-3,8-9,15-16,19,21,26,34,37,39H,4-7,10-14,17-18H2,1H3,(H,40,41)/t19?,21-,26+/m0/s1. The van der Waals surface area contributed by atoms with E-state index in [1.807, 2.05) is 11.9 Å². The number of aromatic hydroxyl groups is 1. The van der Waals surface area contributed by atoms with Crippen LogP contribution in [0.1, 0.15) is 62.0 Å². The summed E-state index contributed by atoms with van der Waals surface area (Å²) in [6.07, 6.45) is 3.73. The molecule has 2 aliphatic heterocycles. The van der Waals surface area contributed by atoms with E-state index in [1.165, 1.54) is 11.0 Å². The predicted molar refractivity (Wildman–Crippen MR) is 161 cm³/mol. The number of aliphatic hydroxyl groups is 1. The predicted octanol–water partition coefficient (Wildman–Crippen LogP) is 5.10. The zero-order valence-corrected chi connectivity index (χ0v) is 24.6. The van der Waals surface area contributed by atoms with Crippen molar-refractivity contribution in [1.29, 1.82) is 0 Å². The van der Waals surface area contributed by atoms with Crippen LogP contribution in [0.5, 0.6) is 5.75 Å². The highest BCUT2D eigenvalue weighted by molar-refractivity contribution is 6.33. The molecule has 9 nitrogen and oxygen atoms in total. The van der Waals surface area contributed by atoms with E-state index in [0.717, 1.165) is 32.2 Å². The zero-order valence-electron chi connectivity index (χ0n) is 23.8. The molecule has 1 aromatic heterocycles. The molecule has 4 N–H and O–H groups in total. The van der Waals surface area contributed by atoms with Crippen molar-refractivity contribution in [2.45, 2.75) is 68.5 Å². The van der Waals surface area contributed by atoms with Crippen LogP contribution in [0.3, 0.4) is 0 Å². The first-order valence-corrected chi connectivity index (χ1v) is 15.3. The summed E-state index contributed by atoms with van der Waals surface area (Å²) in [5.41, 5.74) is 0.596. The highest BCUT2D eigenvalue weighted by Crippen LogP contribution is 2.53. The Labute approximate surface area is 249 Å². The van der Waals surface area contributed by atoms with Gasteiger partial charge in [0.15, 0.2) is 5.43 Å². The first-order valence-electron chi connectivity index (χ1n) is 14.9. The van der Waals surface area contributed by atoms with Crippen LogP contribution >= 0.6 is 11.6 Å². The van der Waals surface area contributed by atoms with Crippen molar-refractivity contribution < 1.29 is 24.5 Å². The van der Waals surface area contributed by atoms with Gasteiger partial charge in [-0.25, -0.2) is 4.79 Å². The number of likely N-dealkylation sites (tertiary alicyclic amines) is 1. The molecule has 1 saturated carbocycles. The average Bonchev–Trinajstić information content (AvgIpc) is 2.93. The maximum absolute atomic E-state index is 13.6. The summed E-state index contributed by atoms with van der Waals surface area (Å²) in [5.74, 6) is -0.426.